The van der Waals surface area contributed by atoms with E-state index in [9.17, 15) is 20.1 Å². The minimum atomic E-state index is -1.55. The molecule has 8 heteroatoms. The van der Waals surface area contributed by atoms with E-state index in [-0.39, 0.29) is 5.76 Å². The van der Waals surface area contributed by atoms with Crippen molar-refractivity contribution in [3.05, 3.63) is 23.7 Å². The van der Waals surface area contributed by atoms with Crippen molar-refractivity contribution in [2.45, 2.75) is 37.6 Å². The van der Waals surface area contributed by atoms with Crippen molar-refractivity contribution in [2.24, 2.45) is 0 Å². The van der Waals surface area contributed by atoms with Gasteiger partial charge in [0.2, 0.25) is 0 Å². The van der Waals surface area contributed by atoms with Crippen molar-refractivity contribution < 1.29 is 34.4 Å². The third-order valence-electron chi connectivity index (χ3n) is 3.16. The van der Waals surface area contributed by atoms with Gasteiger partial charge in [-0.15, -0.1) is 0 Å². The van der Waals surface area contributed by atoms with E-state index in [1.165, 1.54) is 6.07 Å². The van der Waals surface area contributed by atoms with Crippen LogP contribution in [0.4, 0.5) is 0 Å². The maximum atomic E-state index is 11.9. The molecule has 1 amide bonds. The molecule has 1 aliphatic rings. The second-order valence-electron chi connectivity index (χ2n) is 4.64. The molecule has 112 valence electrons. The molecule has 1 aromatic heterocycles. The fourth-order valence-electron chi connectivity index (χ4n) is 2.03. The molecule has 20 heavy (non-hydrogen) atoms. The van der Waals surface area contributed by atoms with Gasteiger partial charge < -0.3 is 34.9 Å². The maximum absolute atomic E-state index is 11.9. The quantitative estimate of drug-likeness (QED) is 0.439. The third kappa shape index (κ3) is 2.84. The molecule has 0 radical (unpaired) electrons. The zero-order valence-corrected chi connectivity index (χ0v) is 10.8. The topological polar surface area (TPSA) is 132 Å². The molecule has 0 aliphatic carbocycles. The van der Waals surface area contributed by atoms with Gasteiger partial charge in [-0.25, -0.2) is 0 Å². The molecule has 0 bridgehead atoms. The molecule has 0 aromatic carbocycles. The first-order valence-corrected chi connectivity index (χ1v) is 6.12. The number of ether oxygens (including phenoxy) is 1. The zero-order chi connectivity index (χ0) is 14.9. The highest BCUT2D eigenvalue weighted by atomic mass is 16.6. The molecule has 8 nitrogen and oxygen atoms in total. The number of rotatable bonds is 3. The number of aliphatic hydroxyl groups excluding tert-OH is 4. The molecule has 1 saturated heterocycles. The molecule has 5 N–H and O–H groups in total. The molecular weight excluding hydrogens is 270 g/mol. The molecule has 1 aliphatic heterocycles. The molecule has 3 unspecified atom stereocenters. The Morgan fingerprint density at radius 2 is 2.00 bits per heavy atom. The van der Waals surface area contributed by atoms with Crippen molar-refractivity contribution in [3.63, 3.8) is 0 Å². The second-order valence-corrected chi connectivity index (χ2v) is 4.64. The van der Waals surface area contributed by atoms with E-state index < -0.39 is 43.2 Å². The van der Waals surface area contributed by atoms with Gasteiger partial charge in [0.05, 0.1) is 6.61 Å². The van der Waals surface area contributed by atoms with Gasteiger partial charge in [0.1, 0.15) is 30.1 Å². The molecule has 2 rings (SSSR count). The number of aliphatic hydroxyl groups is 4. The van der Waals surface area contributed by atoms with Crippen LogP contribution in [0, 0.1) is 6.92 Å². The standard InChI is InChI=1S/C12H17NO7/c1-5-2-3-6(19-5)11(17)13-8-10(16)9(15)7(4-14)20-12(8)18/h2-3,7-10,12,14-16,18H,4H2,1H3,(H,13,17)/t7-,8?,9?,10-,12?/m1/s1. The summed E-state index contributed by atoms with van der Waals surface area (Å²) < 4.78 is 10.0. The highest BCUT2D eigenvalue weighted by molar-refractivity contribution is 5.91. The van der Waals surface area contributed by atoms with Crippen LogP contribution in [0.1, 0.15) is 16.3 Å². The normalized spacial score (nSPS) is 34.0. The molecule has 0 spiro atoms. The largest absolute Gasteiger partial charge is 0.456 e. The van der Waals surface area contributed by atoms with E-state index in [1.807, 2.05) is 0 Å². The Balaban J connectivity index is 2.06. The lowest BCUT2D eigenvalue weighted by Crippen LogP contribution is -2.64. The molecule has 1 fully saturated rings. The Hall–Kier alpha value is -1.45. The number of amides is 1. The van der Waals surface area contributed by atoms with Crippen molar-refractivity contribution in [1.29, 1.82) is 0 Å². The zero-order valence-electron chi connectivity index (χ0n) is 10.8. The Kier molecular flexibility index (Phi) is 4.41. The second kappa shape index (κ2) is 5.90. The van der Waals surface area contributed by atoms with Gasteiger partial charge in [-0.2, -0.15) is 0 Å². The summed E-state index contributed by atoms with van der Waals surface area (Å²) in [6.45, 7) is 1.10. The summed E-state index contributed by atoms with van der Waals surface area (Å²) >= 11 is 0. The van der Waals surface area contributed by atoms with Crippen molar-refractivity contribution in [2.75, 3.05) is 6.61 Å². The van der Waals surface area contributed by atoms with Gasteiger partial charge in [0, 0.05) is 0 Å². The average Bonchev–Trinajstić information content (AvgIpc) is 2.85. The van der Waals surface area contributed by atoms with Crippen LogP contribution in [0.25, 0.3) is 0 Å². The van der Waals surface area contributed by atoms with Crippen molar-refractivity contribution in [3.8, 4) is 0 Å². The summed E-state index contributed by atoms with van der Waals surface area (Å²) in [6, 6.07) is 1.81. The van der Waals surface area contributed by atoms with Crippen LogP contribution in [0.5, 0.6) is 0 Å². The number of furan rings is 1. The van der Waals surface area contributed by atoms with E-state index in [1.54, 1.807) is 13.0 Å². The number of hydrogen-bond acceptors (Lipinski definition) is 7. The number of aryl methyl sites for hydroxylation is 1. The highest BCUT2D eigenvalue weighted by Gasteiger charge is 2.44. The van der Waals surface area contributed by atoms with E-state index in [2.05, 4.69) is 5.32 Å². The lowest BCUT2D eigenvalue weighted by molar-refractivity contribution is -0.252. The summed E-state index contributed by atoms with van der Waals surface area (Å²) in [6.07, 6.45) is -5.56. The van der Waals surface area contributed by atoms with Crippen LogP contribution in [-0.2, 0) is 4.74 Å². The lowest BCUT2D eigenvalue weighted by atomic mass is 9.97. The van der Waals surface area contributed by atoms with Crippen molar-refractivity contribution in [1.82, 2.24) is 5.32 Å². The summed E-state index contributed by atoms with van der Waals surface area (Å²) in [7, 11) is 0. The Bertz CT molecular complexity index is 474. The molecule has 0 saturated carbocycles. The lowest BCUT2D eigenvalue weighted by Gasteiger charge is -2.40. The van der Waals surface area contributed by atoms with E-state index in [0.717, 1.165) is 0 Å². The smallest absolute Gasteiger partial charge is 0.287 e. The van der Waals surface area contributed by atoms with Crippen LogP contribution in [-0.4, -0.2) is 63.6 Å². The minimum Gasteiger partial charge on any atom is -0.456 e. The summed E-state index contributed by atoms with van der Waals surface area (Å²) in [5.74, 6) is -0.100. The molecule has 5 atom stereocenters. The monoisotopic (exact) mass is 287 g/mol. The Morgan fingerprint density at radius 1 is 1.30 bits per heavy atom. The first kappa shape index (κ1) is 14.9. The summed E-state index contributed by atoms with van der Waals surface area (Å²) in [5.41, 5.74) is 0. The summed E-state index contributed by atoms with van der Waals surface area (Å²) in [5, 5.41) is 40.5. The number of nitrogens with one attached hydrogen (secondary N) is 1. The number of carbonyl (C=O) groups is 1. The summed E-state index contributed by atoms with van der Waals surface area (Å²) in [4.78, 5) is 11.9. The Morgan fingerprint density at radius 3 is 2.55 bits per heavy atom. The van der Waals surface area contributed by atoms with E-state index >= 15 is 0 Å². The predicted molar refractivity (Wildman–Crippen MR) is 64.7 cm³/mol. The first-order chi connectivity index (χ1) is 9.43. The fraction of sp³-hybridized carbons (Fsp3) is 0.583. The fourth-order valence-corrected chi connectivity index (χ4v) is 2.03. The average molecular weight is 287 g/mol. The predicted octanol–water partition coefficient (Wildman–Crippen LogP) is -1.88. The van der Waals surface area contributed by atoms with Crippen LogP contribution in [0.15, 0.2) is 16.5 Å². The number of carbonyl (C=O) groups excluding carboxylic acids is 1. The van der Waals surface area contributed by atoms with Crippen LogP contribution < -0.4 is 5.32 Å². The van der Waals surface area contributed by atoms with Gasteiger partial charge >= 0.3 is 0 Å². The van der Waals surface area contributed by atoms with Crippen LogP contribution in [0.3, 0.4) is 0 Å². The van der Waals surface area contributed by atoms with E-state index in [0.29, 0.717) is 5.76 Å². The van der Waals surface area contributed by atoms with Crippen LogP contribution >= 0.6 is 0 Å². The SMILES string of the molecule is Cc1ccc(C(=O)NC2C(O)O[C@H](CO)C(O)[C@@H]2O)o1. The van der Waals surface area contributed by atoms with Gasteiger partial charge in [-0.3, -0.25) is 4.79 Å². The van der Waals surface area contributed by atoms with Gasteiger partial charge in [-0.05, 0) is 19.1 Å². The van der Waals surface area contributed by atoms with Gasteiger partial charge in [-0.1, -0.05) is 0 Å². The first-order valence-electron chi connectivity index (χ1n) is 6.12. The van der Waals surface area contributed by atoms with Gasteiger partial charge in [0.25, 0.3) is 5.91 Å². The minimum absolute atomic E-state index is 0.0145. The van der Waals surface area contributed by atoms with Gasteiger partial charge in [0.15, 0.2) is 12.1 Å². The molecular formula is C12H17NO7. The van der Waals surface area contributed by atoms with Crippen LogP contribution in [0.2, 0.25) is 0 Å². The molecule has 2 heterocycles. The molecule has 1 aromatic rings. The Labute approximate surface area is 114 Å². The third-order valence-corrected chi connectivity index (χ3v) is 3.16. The maximum Gasteiger partial charge on any atom is 0.287 e. The van der Waals surface area contributed by atoms with Crippen molar-refractivity contribution >= 4 is 5.91 Å². The van der Waals surface area contributed by atoms with E-state index in [4.69, 9.17) is 14.3 Å². The number of hydrogen-bond donors (Lipinski definition) is 5. The highest BCUT2D eigenvalue weighted by Crippen LogP contribution is 2.20.